The highest BCUT2D eigenvalue weighted by Crippen LogP contribution is 2.20. The Bertz CT molecular complexity index is 496. The SMILES string of the molecule is CCCNCc1ccc(OC)c(Cn2cncn2)c1. The van der Waals surface area contributed by atoms with Crippen LogP contribution in [0.5, 0.6) is 5.75 Å². The third-order valence-corrected chi connectivity index (χ3v) is 2.90. The Kier molecular flexibility index (Phi) is 4.92. The van der Waals surface area contributed by atoms with E-state index in [-0.39, 0.29) is 0 Å². The monoisotopic (exact) mass is 260 g/mol. The number of rotatable bonds is 7. The van der Waals surface area contributed by atoms with Crippen LogP contribution in [0.3, 0.4) is 0 Å². The maximum absolute atomic E-state index is 5.39. The molecular weight excluding hydrogens is 240 g/mol. The maximum Gasteiger partial charge on any atom is 0.137 e. The second-order valence-electron chi connectivity index (χ2n) is 4.42. The van der Waals surface area contributed by atoms with Gasteiger partial charge in [-0.3, -0.25) is 0 Å². The summed E-state index contributed by atoms with van der Waals surface area (Å²) < 4.78 is 7.19. The van der Waals surface area contributed by atoms with E-state index in [0.717, 1.165) is 30.8 Å². The zero-order chi connectivity index (χ0) is 13.5. The molecule has 19 heavy (non-hydrogen) atoms. The van der Waals surface area contributed by atoms with E-state index in [1.165, 1.54) is 5.56 Å². The van der Waals surface area contributed by atoms with Crippen molar-refractivity contribution < 1.29 is 4.74 Å². The highest BCUT2D eigenvalue weighted by molar-refractivity contribution is 5.37. The molecule has 0 bridgehead atoms. The summed E-state index contributed by atoms with van der Waals surface area (Å²) in [4.78, 5) is 3.96. The average Bonchev–Trinajstić information content (AvgIpc) is 2.92. The van der Waals surface area contributed by atoms with Gasteiger partial charge in [0.1, 0.15) is 18.4 Å². The lowest BCUT2D eigenvalue weighted by Gasteiger charge is -2.11. The Morgan fingerprint density at radius 2 is 2.26 bits per heavy atom. The van der Waals surface area contributed by atoms with Crippen molar-refractivity contribution in [1.82, 2.24) is 20.1 Å². The molecule has 0 saturated heterocycles. The summed E-state index contributed by atoms with van der Waals surface area (Å²) in [6.07, 6.45) is 4.39. The molecule has 5 heteroatoms. The Morgan fingerprint density at radius 1 is 1.37 bits per heavy atom. The number of aromatic nitrogens is 3. The Labute approximate surface area is 113 Å². The third-order valence-electron chi connectivity index (χ3n) is 2.90. The van der Waals surface area contributed by atoms with E-state index in [1.54, 1.807) is 24.4 Å². The van der Waals surface area contributed by atoms with Crippen LogP contribution in [0.2, 0.25) is 0 Å². The van der Waals surface area contributed by atoms with Crippen LogP contribution in [-0.4, -0.2) is 28.4 Å². The van der Waals surface area contributed by atoms with Crippen LogP contribution in [0.1, 0.15) is 24.5 Å². The van der Waals surface area contributed by atoms with Gasteiger partial charge < -0.3 is 10.1 Å². The molecule has 0 saturated carbocycles. The first-order chi connectivity index (χ1) is 9.33. The van der Waals surface area contributed by atoms with Crippen LogP contribution in [0.15, 0.2) is 30.9 Å². The van der Waals surface area contributed by atoms with Gasteiger partial charge in [-0.05, 0) is 30.7 Å². The van der Waals surface area contributed by atoms with Crippen molar-refractivity contribution in [3.63, 3.8) is 0 Å². The van der Waals surface area contributed by atoms with Crippen molar-refractivity contribution in [2.24, 2.45) is 0 Å². The topological polar surface area (TPSA) is 52.0 Å². The van der Waals surface area contributed by atoms with Crippen molar-refractivity contribution >= 4 is 0 Å². The van der Waals surface area contributed by atoms with Gasteiger partial charge in [0.25, 0.3) is 0 Å². The van der Waals surface area contributed by atoms with E-state index in [0.29, 0.717) is 6.54 Å². The fraction of sp³-hybridized carbons (Fsp3) is 0.429. The molecular formula is C14H20N4O. The molecule has 2 aromatic rings. The number of benzene rings is 1. The van der Waals surface area contributed by atoms with E-state index < -0.39 is 0 Å². The number of hydrogen-bond donors (Lipinski definition) is 1. The molecule has 0 radical (unpaired) electrons. The molecule has 2 rings (SSSR count). The third kappa shape index (κ3) is 3.79. The maximum atomic E-state index is 5.39. The molecule has 1 aromatic heterocycles. The summed E-state index contributed by atoms with van der Waals surface area (Å²) in [7, 11) is 1.69. The van der Waals surface area contributed by atoms with Gasteiger partial charge in [0.15, 0.2) is 0 Å². The van der Waals surface area contributed by atoms with E-state index in [1.807, 2.05) is 6.07 Å². The van der Waals surface area contributed by atoms with Crippen molar-refractivity contribution in [1.29, 1.82) is 0 Å². The summed E-state index contributed by atoms with van der Waals surface area (Å²) in [5.41, 5.74) is 2.37. The Hall–Kier alpha value is -1.88. The molecule has 102 valence electrons. The first-order valence-electron chi connectivity index (χ1n) is 6.52. The molecule has 5 nitrogen and oxygen atoms in total. The summed E-state index contributed by atoms with van der Waals surface area (Å²) >= 11 is 0. The van der Waals surface area contributed by atoms with E-state index in [2.05, 4.69) is 34.5 Å². The minimum Gasteiger partial charge on any atom is -0.496 e. The van der Waals surface area contributed by atoms with Crippen molar-refractivity contribution in [2.75, 3.05) is 13.7 Å². The first kappa shape index (κ1) is 13.5. The molecule has 0 unspecified atom stereocenters. The van der Waals surface area contributed by atoms with Crippen LogP contribution in [-0.2, 0) is 13.1 Å². The van der Waals surface area contributed by atoms with Gasteiger partial charge in [-0.25, -0.2) is 9.67 Å². The summed E-state index contributed by atoms with van der Waals surface area (Å²) in [5, 5.41) is 7.53. The highest BCUT2D eigenvalue weighted by Gasteiger charge is 2.06. The van der Waals surface area contributed by atoms with E-state index >= 15 is 0 Å². The minimum absolute atomic E-state index is 0.671. The first-order valence-corrected chi connectivity index (χ1v) is 6.52. The van der Waals surface area contributed by atoms with Crippen LogP contribution in [0.4, 0.5) is 0 Å². The zero-order valence-corrected chi connectivity index (χ0v) is 11.5. The van der Waals surface area contributed by atoms with Gasteiger partial charge in [0, 0.05) is 12.1 Å². The minimum atomic E-state index is 0.671. The molecule has 0 aliphatic carbocycles. The number of nitrogens with one attached hydrogen (secondary N) is 1. The predicted octanol–water partition coefficient (Wildman–Crippen LogP) is 1.83. The van der Waals surface area contributed by atoms with Crippen molar-refractivity contribution in [2.45, 2.75) is 26.4 Å². The molecule has 0 amide bonds. The Morgan fingerprint density at radius 3 is 2.95 bits per heavy atom. The molecule has 0 aliphatic rings. The lowest BCUT2D eigenvalue weighted by atomic mass is 10.1. The number of methoxy groups -OCH3 is 1. The molecule has 0 aliphatic heterocycles. The second kappa shape index (κ2) is 6.89. The molecule has 1 aromatic carbocycles. The summed E-state index contributed by atoms with van der Waals surface area (Å²) in [6.45, 7) is 4.74. The molecule has 0 spiro atoms. The highest BCUT2D eigenvalue weighted by atomic mass is 16.5. The van der Waals surface area contributed by atoms with Gasteiger partial charge in [0.2, 0.25) is 0 Å². The summed E-state index contributed by atoms with van der Waals surface area (Å²) in [6, 6.07) is 6.25. The number of hydrogen-bond acceptors (Lipinski definition) is 4. The van der Waals surface area contributed by atoms with Gasteiger partial charge in [-0.2, -0.15) is 5.10 Å². The van der Waals surface area contributed by atoms with Gasteiger partial charge in [-0.15, -0.1) is 0 Å². The normalized spacial score (nSPS) is 10.6. The zero-order valence-electron chi connectivity index (χ0n) is 11.5. The fourth-order valence-corrected chi connectivity index (χ4v) is 1.96. The average molecular weight is 260 g/mol. The predicted molar refractivity (Wildman–Crippen MR) is 74.1 cm³/mol. The molecule has 0 fully saturated rings. The van der Waals surface area contributed by atoms with Crippen molar-refractivity contribution in [3.05, 3.63) is 42.0 Å². The largest absolute Gasteiger partial charge is 0.496 e. The molecule has 0 atom stereocenters. The van der Waals surface area contributed by atoms with Gasteiger partial charge in [-0.1, -0.05) is 13.0 Å². The quantitative estimate of drug-likeness (QED) is 0.772. The van der Waals surface area contributed by atoms with Gasteiger partial charge >= 0.3 is 0 Å². The standard InChI is InChI=1S/C14H20N4O/c1-3-6-15-8-12-4-5-14(19-2)13(7-12)9-18-11-16-10-17-18/h4-5,7,10-11,15H,3,6,8-9H2,1-2H3. The second-order valence-corrected chi connectivity index (χ2v) is 4.42. The van der Waals surface area contributed by atoms with Crippen LogP contribution >= 0.6 is 0 Å². The Balaban J connectivity index is 2.11. The van der Waals surface area contributed by atoms with Crippen molar-refractivity contribution in [3.8, 4) is 5.75 Å². The molecule has 1 N–H and O–H groups in total. The molecule has 1 heterocycles. The lowest BCUT2D eigenvalue weighted by molar-refractivity contribution is 0.407. The van der Waals surface area contributed by atoms with Crippen LogP contribution < -0.4 is 10.1 Å². The van der Waals surface area contributed by atoms with Gasteiger partial charge in [0.05, 0.1) is 13.7 Å². The fourth-order valence-electron chi connectivity index (χ4n) is 1.96. The number of ether oxygens (including phenoxy) is 1. The summed E-state index contributed by atoms with van der Waals surface area (Å²) in [5.74, 6) is 0.884. The van der Waals surface area contributed by atoms with Crippen LogP contribution in [0, 0.1) is 0 Å². The number of nitrogens with zero attached hydrogens (tertiary/aromatic N) is 3. The lowest BCUT2D eigenvalue weighted by Crippen LogP contribution is -2.14. The smallest absolute Gasteiger partial charge is 0.137 e. The van der Waals surface area contributed by atoms with E-state index in [9.17, 15) is 0 Å². The van der Waals surface area contributed by atoms with E-state index in [4.69, 9.17) is 4.74 Å². The van der Waals surface area contributed by atoms with Crippen LogP contribution in [0.25, 0.3) is 0 Å².